The summed E-state index contributed by atoms with van der Waals surface area (Å²) >= 11 is 0. The lowest BCUT2D eigenvalue weighted by Crippen LogP contribution is -2.48. The van der Waals surface area contributed by atoms with Crippen LogP contribution in [-0.2, 0) is 15.1 Å². The Labute approximate surface area is 130 Å². The van der Waals surface area contributed by atoms with Gasteiger partial charge in [-0.3, -0.25) is 9.36 Å². The molecule has 0 radical (unpaired) electrons. The molecular weight excluding hydrogens is 306 g/mol. The van der Waals surface area contributed by atoms with Crippen molar-refractivity contribution >= 4 is 11.8 Å². The van der Waals surface area contributed by atoms with Crippen LogP contribution in [0.25, 0.3) is 0 Å². The van der Waals surface area contributed by atoms with Crippen molar-refractivity contribution in [2.45, 2.75) is 24.2 Å². The molecule has 1 fully saturated rings. The standard InChI is InChI=1S/C13H17N5O5/c14-4-9(19)23-5-7-3-13(6-15,11(21)10(7)20)18-2-1-8(16)17-12(18)22/h1-2,7,10-11,20-21H,3-5,14H2,(H2,16,17,22)/t7-,10?,11?,13+/m1/s1. The zero-order valence-corrected chi connectivity index (χ0v) is 12.1. The number of anilines is 1. The number of hydrogen-bond donors (Lipinski definition) is 4. The molecule has 1 aliphatic rings. The van der Waals surface area contributed by atoms with E-state index in [9.17, 15) is 25.1 Å². The lowest BCUT2D eigenvalue weighted by molar-refractivity contribution is -0.144. The number of nitriles is 1. The summed E-state index contributed by atoms with van der Waals surface area (Å²) in [5.41, 5.74) is 7.98. The first-order chi connectivity index (χ1) is 10.9. The molecule has 1 aliphatic carbocycles. The van der Waals surface area contributed by atoms with Crippen LogP contribution < -0.4 is 17.2 Å². The third-order valence-electron chi connectivity index (χ3n) is 3.94. The van der Waals surface area contributed by atoms with Crippen molar-refractivity contribution in [2.24, 2.45) is 11.7 Å². The van der Waals surface area contributed by atoms with E-state index in [1.807, 2.05) is 6.07 Å². The van der Waals surface area contributed by atoms with Gasteiger partial charge in [0.05, 0.1) is 25.3 Å². The molecule has 1 heterocycles. The molecule has 1 saturated carbocycles. The number of aliphatic hydroxyl groups is 2. The topological polar surface area (TPSA) is 177 Å². The molecule has 0 amide bonds. The van der Waals surface area contributed by atoms with E-state index in [1.54, 1.807) is 0 Å². The summed E-state index contributed by atoms with van der Waals surface area (Å²) in [6.45, 7) is -0.551. The first kappa shape index (κ1) is 16.9. The van der Waals surface area contributed by atoms with Crippen LogP contribution in [0.1, 0.15) is 6.42 Å². The number of ether oxygens (including phenoxy) is 1. The number of rotatable bonds is 4. The molecule has 1 aromatic heterocycles. The zero-order valence-electron chi connectivity index (χ0n) is 12.1. The second kappa shape index (κ2) is 6.33. The zero-order chi connectivity index (χ0) is 17.2. The second-order valence-corrected chi connectivity index (χ2v) is 5.33. The van der Waals surface area contributed by atoms with Gasteiger partial charge < -0.3 is 26.4 Å². The number of esters is 1. The van der Waals surface area contributed by atoms with E-state index in [1.165, 1.54) is 12.3 Å². The number of carbonyl (C=O) groups excluding carboxylic acids is 1. The van der Waals surface area contributed by atoms with Gasteiger partial charge in [0.2, 0.25) is 0 Å². The smallest absolute Gasteiger partial charge is 0.350 e. The van der Waals surface area contributed by atoms with Crippen LogP contribution >= 0.6 is 0 Å². The Morgan fingerprint density at radius 2 is 2.30 bits per heavy atom. The van der Waals surface area contributed by atoms with E-state index in [4.69, 9.17) is 16.2 Å². The molecule has 4 atom stereocenters. The molecule has 2 unspecified atom stereocenters. The molecule has 0 aliphatic heterocycles. The van der Waals surface area contributed by atoms with Gasteiger partial charge in [0.15, 0.2) is 5.54 Å². The van der Waals surface area contributed by atoms with Crippen LogP contribution in [0.4, 0.5) is 5.82 Å². The van der Waals surface area contributed by atoms with Crippen LogP contribution in [0.5, 0.6) is 0 Å². The molecule has 23 heavy (non-hydrogen) atoms. The molecule has 10 nitrogen and oxygen atoms in total. The maximum absolute atomic E-state index is 12.0. The molecule has 6 N–H and O–H groups in total. The van der Waals surface area contributed by atoms with Crippen LogP contribution in [0.15, 0.2) is 17.1 Å². The van der Waals surface area contributed by atoms with Crippen molar-refractivity contribution in [1.29, 1.82) is 5.26 Å². The van der Waals surface area contributed by atoms with Crippen molar-refractivity contribution in [3.63, 3.8) is 0 Å². The summed E-state index contributed by atoms with van der Waals surface area (Å²) in [5, 5.41) is 29.9. The summed E-state index contributed by atoms with van der Waals surface area (Å²) in [4.78, 5) is 26.6. The number of aliphatic hydroxyl groups excluding tert-OH is 2. The fourth-order valence-corrected chi connectivity index (χ4v) is 2.72. The van der Waals surface area contributed by atoms with E-state index in [-0.39, 0.29) is 25.4 Å². The highest BCUT2D eigenvalue weighted by Crippen LogP contribution is 2.40. The molecule has 0 bridgehead atoms. The van der Waals surface area contributed by atoms with Crippen molar-refractivity contribution < 1.29 is 19.7 Å². The van der Waals surface area contributed by atoms with Crippen LogP contribution in [0.3, 0.4) is 0 Å². The molecule has 124 valence electrons. The van der Waals surface area contributed by atoms with Gasteiger partial charge in [0.25, 0.3) is 0 Å². The predicted molar refractivity (Wildman–Crippen MR) is 76.6 cm³/mol. The Morgan fingerprint density at radius 1 is 1.61 bits per heavy atom. The monoisotopic (exact) mass is 323 g/mol. The van der Waals surface area contributed by atoms with Crippen molar-refractivity contribution in [3.05, 3.63) is 22.7 Å². The molecule has 0 aromatic carbocycles. The van der Waals surface area contributed by atoms with Gasteiger partial charge in [-0.05, 0) is 12.5 Å². The van der Waals surface area contributed by atoms with Gasteiger partial charge in [-0.25, -0.2) is 4.79 Å². The molecule has 10 heteroatoms. The SMILES string of the molecule is N#C[C@@]1(n2ccc(N)nc2=O)C[C@H](COC(=O)CN)C(O)C1O. The second-order valence-electron chi connectivity index (χ2n) is 5.33. The van der Waals surface area contributed by atoms with Gasteiger partial charge in [0, 0.05) is 12.1 Å². The van der Waals surface area contributed by atoms with Crippen molar-refractivity contribution in [1.82, 2.24) is 9.55 Å². The number of nitrogen functional groups attached to an aromatic ring is 1. The summed E-state index contributed by atoms with van der Waals surface area (Å²) in [6.07, 6.45) is -1.78. The molecular formula is C13H17N5O5. The molecule has 0 saturated heterocycles. The first-order valence-electron chi connectivity index (χ1n) is 6.84. The van der Waals surface area contributed by atoms with Crippen molar-refractivity contribution in [3.8, 4) is 6.07 Å². The van der Waals surface area contributed by atoms with Gasteiger partial charge in [-0.2, -0.15) is 10.2 Å². The highest BCUT2D eigenvalue weighted by Gasteiger charge is 2.55. The molecule has 2 rings (SSSR count). The number of aromatic nitrogens is 2. The number of nitrogens with two attached hydrogens (primary N) is 2. The molecule has 1 aromatic rings. The fraction of sp³-hybridized carbons (Fsp3) is 0.538. The number of nitrogens with zero attached hydrogens (tertiary/aromatic N) is 3. The van der Waals surface area contributed by atoms with Gasteiger partial charge >= 0.3 is 11.7 Å². The molecule has 0 spiro atoms. The first-order valence-corrected chi connectivity index (χ1v) is 6.84. The Balaban J connectivity index is 2.34. The maximum Gasteiger partial charge on any atom is 0.350 e. The van der Waals surface area contributed by atoms with Crippen molar-refractivity contribution in [2.75, 3.05) is 18.9 Å². The third kappa shape index (κ3) is 2.89. The van der Waals surface area contributed by atoms with Crippen LogP contribution in [-0.4, -0.2) is 51.1 Å². The number of hydrogen-bond acceptors (Lipinski definition) is 9. The van der Waals surface area contributed by atoms with Crippen LogP contribution in [0, 0.1) is 17.2 Å². The van der Waals surface area contributed by atoms with E-state index in [0.717, 1.165) is 4.57 Å². The number of carbonyl (C=O) groups is 1. The van der Waals surface area contributed by atoms with E-state index in [0.29, 0.717) is 0 Å². The Bertz CT molecular complexity index is 699. The fourth-order valence-electron chi connectivity index (χ4n) is 2.72. The average molecular weight is 323 g/mol. The average Bonchev–Trinajstić information content (AvgIpc) is 2.78. The lowest BCUT2D eigenvalue weighted by Gasteiger charge is -2.27. The van der Waals surface area contributed by atoms with Gasteiger partial charge in [0.1, 0.15) is 11.9 Å². The van der Waals surface area contributed by atoms with E-state index in [2.05, 4.69) is 4.98 Å². The quantitative estimate of drug-likeness (QED) is 0.429. The minimum Gasteiger partial charge on any atom is -0.464 e. The Morgan fingerprint density at radius 3 is 2.87 bits per heavy atom. The largest absolute Gasteiger partial charge is 0.464 e. The minimum absolute atomic E-state index is 0.0270. The summed E-state index contributed by atoms with van der Waals surface area (Å²) in [6, 6.07) is 3.18. The summed E-state index contributed by atoms with van der Waals surface area (Å²) in [7, 11) is 0. The van der Waals surface area contributed by atoms with E-state index >= 15 is 0 Å². The van der Waals surface area contributed by atoms with Gasteiger partial charge in [-0.1, -0.05) is 0 Å². The maximum atomic E-state index is 12.0. The normalized spacial score (nSPS) is 29.9. The Hall–Kier alpha value is -2.48. The lowest BCUT2D eigenvalue weighted by atomic mass is 9.95. The third-order valence-corrected chi connectivity index (χ3v) is 3.94. The highest BCUT2D eigenvalue weighted by atomic mass is 16.5. The Kier molecular flexibility index (Phi) is 4.65. The summed E-state index contributed by atoms with van der Waals surface area (Å²) < 4.78 is 5.78. The predicted octanol–water partition coefficient (Wildman–Crippen LogP) is -2.71. The minimum atomic E-state index is -1.73. The van der Waals surface area contributed by atoms with E-state index < -0.39 is 35.3 Å². The van der Waals surface area contributed by atoms with Gasteiger partial charge in [-0.15, -0.1) is 0 Å². The summed E-state index contributed by atoms with van der Waals surface area (Å²) in [5.74, 6) is -1.43. The highest BCUT2D eigenvalue weighted by molar-refractivity contribution is 5.71. The van der Waals surface area contributed by atoms with Crippen LogP contribution in [0.2, 0.25) is 0 Å².